The average Bonchev–Trinajstić information content (AvgIpc) is 2.78. The second kappa shape index (κ2) is 10.8. The Morgan fingerprint density at radius 3 is 2.00 bits per heavy atom. The highest BCUT2D eigenvalue weighted by molar-refractivity contribution is 7.89. The Bertz CT molecular complexity index is 1030. The zero-order valence-electron chi connectivity index (χ0n) is 19.9. The second-order valence-electron chi connectivity index (χ2n) is 9.62. The van der Waals surface area contributed by atoms with E-state index in [1.54, 1.807) is 12.1 Å². The van der Waals surface area contributed by atoms with E-state index in [1.165, 1.54) is 16.4 Å². The Labute approximate surface area is 200 Å². The van der Waals surface area contributed by atoms with Crippen LogP contribution >= 0.6 is 0 Å². The van der Waals surface area contributed by atoms with Gasteiger partial charge in [0, 0.05) is 26.2 Å². The molecule has 2 aromatic carbocycles. The van der Waals surface area contributed by atoms with Crippen LogP contribution in [0.4, 0.5) is 13.2 Å². The van der Waals surface area contributed by atoms with Gasteiger partial charge >= 0.3 is 6.18 Å². The van der Waals surface area contributed by atoms with E-state index in [0.717, 1.165) is 37.3 Å². The van der Waals surface area contributed by atoms with Gasteiger partial charge in [0.05, 0.1) is 23.7 Å². The number of rotatable bonds is 8. The van der Waals surface area contributed by atoms with Crippen LogP contribution in [0.25, 0.3) is 0 Å². The van der Waals surface area contributed by atoms with Crippen LogP contribution < -0.4 is 0 Å². The van der Waals surface area contributed by atoms with Crippen LogP contribution in [0.5, 0.6) is 0 Å². The van der Waals surface area contributed by atoms with E-state index in [4.69, 9.17) is 4.74 Å². The number of alkyl halides is 3. The van der Waals surface area contributed by atoms with Gasteiger partial charge in [0.2, 0.25) is 10.0 Å². The summed E-state index contributed by atoms with van der Waals surface area (Å²) in [4.78, 5) is 2.41. The minimum absolute atomic E-state index is 0.00457. The van der Waals surface area contributed by atoms with Crippen LogP contribution in [0.15, 0.2) is 53.4 Å². The Balaban J connectivity index is 1.80. The van der Waals surface area contributed by atoms with Crippen LogP contribution in [-0.4, -0.2) is 57.0 Å². The van der Waals surface area contributed by atoms with Crippen molar-refractivity contribution >= 4 is 10.0 Å². The maximum atomic E-state index is 13.5. The van der Waals surface area contributed by atoms with Gasteiger partial charge in [-0.05, 0) is 53.8 Å². The molecule has 2 aromatic rings. The normalized spacial score (nSPS) is 16.2. The van der Waals surface area contributed by atoms with Crippen LogP contribution in [0.2, 0.25) is 0 Å². The smallest absolute Gasteiger partial charge is 0.379 e. The summed E-state index contributed by atoms with van der Waals surface area (Å²) in [5.74, 6) is 0. The molecule has 0 spiro atoms. The number of sulfonamides is 1. The Morgan fingerprint density at radius 1 is 0.912 bits per heavy atom. The first-order chi connectivity index (χ1) is 15.9. The summed E-state index contributed by atoms with van der Waals surface area (Å²) in [7, 11) is -3.84. The molecule has 34 heavy (non-hydrogen) atoms. The molecule has 9 heteroatoms. The van der Waals surface area contributed by atoms with E-state index < -0.39 is 21.8 Å². The first-order valence-electron chi connectivity index (χ1n) is 11.4. The third kappa shape index (κ3) is 7.04. The fourth-order valence-corrected chi connectivity index (χ4v) is 5.33. The van der Waals surface area contributed by atoms with Gasteiger partial charge in [-0.25, -0.2) is 8.42 Å². The van der Waals surface area contributed by atoms with Gasteiger partial charge in [0.1, 0.15) is 0 Å². The van der Waals surface area contributed by atoms with Crippen molar-refractivity contribution in [3.05, 3.63) is 65.2 Å². The van der Waals surface area contributed by atoms with Crippen molar-refractivity contribution in [1.29, 1.82) is 0 Å². The maximum Gasteiger partial charge on any atom is 0.416 e. The van der Waals surface area contributed by atoms with Crippen LogP contribution in [0.3, 0.4) is 0 Å². The highest BCUT2D eigenvalue weighted by Crippen LogP contribution is 2.30. The van der Waals surface area contributed by atoms with Crippen LogP contribution in [0.1, 0.15) is 43.9 Å². The summed E-state index contributed by atoms with van der Waals surface area (Å²) < 4.78 is 72.6. The van der Waals surface area contributed by atoms with Crippen molar-refractivity contribution in [2.24, 2.45) is 0 Å². The van der Waals surface area contributed by atoms with Gasteiger partial charge in [-0.1, -0.05) is 45.0 Å². The highest BCUT2D eigenvalue weighted by Gasteiger charge is 2.30. The highest BCUT2D eigenvalue weighted by atomic mass is 32.2. The summed E-state index contributed by atoms with van der Waals surface area (Å²) in [6.45, 7) is 10.1. The van der Waals surface area contributed by atoms with Crippen molar-refractivity contribution in [3.63, 3.8) is 0 Å². The molecule has 0 bridgehead atoms. The summed E-state index contributed by atoms with van der Waals surface area (Å²) >= 11 is 0. The molecule has 1 aliphatic heterocycles. The lowest BCUT2D eigenvalue weighted by molar-refractivity contribution is -0.137. The van der Waals surface area contributed by atoms with Gasteiger partial charge in [0.25, 0.3) is 0 Å². The lowest BCUT2D eigenvalue weighted by atomic mass is 9.87. The van der Waals surface area contributed by atoms with Crippen molar-refractivity contribution in [3.8, 4) is 0 Å². The predicted octanol–water partition coefficient (Wildman–Crippen LogP) is 4.92. The lowest BCUT2D eigenvalue weighted by Crippen LogP contribution is -2.39. The Hall–Kier alpha value is -1.94. The van der Waals surface area contributed by atoms with Gasteiger partial charge in [-0.15, -0.1) is 0 Å². The molecule has 188 valence electrons. The van der Waals surface area contributed by atoms with Gasteiger partial charge in [0.15, 0.2) is 0 Å². The van der Waals surface area contributed by atoms with E-state index in [-0.39, 0.29) is 23.4 Å². The van der Waals surface area contributed by atoms with Crippen LogP contribution in [-0.2, 0) is 32.9 Å². The fraction of sp³-hybridized carbons (Fsp3) is 0.520. The molecule has 1 heterocycles. The molecule has 0 aromatic heterocycles. The molecule has 1 fully saturated rings. The molecule has 5 nitrogen and oxygen atoms in total. The molecule has 0 unspecified atom stereocenters. The van der Waals surface area contributed by atoms with Crippen molar-refractivity contribution in [2.45, 2.75) is 50.2 Å². The molecule has 0 aliphatic carbocycles. The average molecular weight is 499 g/mol. The molecule has 3 rings (SSSR count). The second-order valence-corrected chi connectivity index (χ2v) is 11.6. The van der Waals surface area contributed by atoms with Crippen molar-refractivity contribution in [1.82, 2.24) is 9.21 Å². The standard InChI is InChI=1S/C25H33F3N2O3S/c1-24(2,3)21-9-11-23(12-10-21)34(31,32)30(14-4-13-29-15-17-33-18-16-29)19-20-5-7-22(8-6-20)25(26,27)28/h5-12H,4,13-19H2,1-3H3. The number of nitrogens with zero attached hydrogens (tertiary/aromatic N) is 2. The number of ether oxygens (including phenoxy) is 1. The summed E-state index contributed by atoms with van der Waals surface area (Å²) in [5.41, 5.74) is 0.665. The van der Waals surface area contributed by atoms with E-state index in [2.05, 4.69) is 25.7 Å². The van der Waals surface area contributed by atoms with Crippen molar-refractivity contribution in [2.75, 3.05) is 39.4 Å². The topological polar surface area (TPSA) is 49.9 Å². The summed E-state index contributed by atoms with van der Waals surface area (Å²) in [6.07, 6.45) is -3.82. The lowest BCUT2D eigenvalue weighted by Gasteiger charge is -2.28. The molecular weight excluding hydrogens is 465 g/mol. The molecule has 0 amide bonds. The molecule has 1 saturated heterocycles. The molecule has 0 N–H and O–H groups in total. The Kier molecular flexibility index (Phi) is 8.44. The molecule has 1 aliphatic rings. The number of hydrogen-bond donors (Lipinski definition) is 0. The summed E-state index contributed by atoms with van der Waals surface area (Å²) in [5, 5.41) is 0. The number of benzene rings is 2. The van der Waals surface area contributed by atoms with Gasteiger partial charge in [-0.3, -0.25) is 4.90 Å². The van der Waals surface area contributed by atoms with Crippen LogP contribution in [0, 0.1) is 0 Å². The molecular formula is C25H33F3N2O3S. The SMILES string of the molecule is CC(C)(C)c1ccc(S(=O)(=O)N(CCCN2CCOCC2)Cc2ccc(C(F)(F)F)cc2)cc1. The monoisotopic (exact) mass is 498 g/mol. The third-order valence-corrected chi connectivity index (χ3v) is 7.84. The molecule has 0 radical (unpaired) electrons. The predicted molar refractivity (Wildman–Crippen MR) is 126 cm³/mol. The van der Waals surface area contributed by atoms with E-state index in [0.29, 0.717) is 25.2 Å². The number of halogens is 3. The first kappa shape index (κ1) is 26.7. The number of hydrogen-bond acceptors (Lipinski definition) is 4. The minimum Gasteiger partial charge on any atom is -0.379 e. The van der Waals surface area contributed by atoms with E-state index in [9.17, 15) is 21.6 Å². The zero-order chi connectivity index (χ0) is 25.0. The van der Waals surface area contributed by atoms with E-state index in [1.807, 2.05) is 12.1 Å². The largest absolute Gasteiger partial charge is 0.416 e. The maximum absolute atomic E-state index is 13.5. The minimum atomic E-state index is -4.43. The first-order valence-corrected chi connectivity index (χ1v) is 12.9. The molecule has 0 atom stereocenters. The third-order valence-electron chi connectivity index (χ3n) is 5.98. The van der Waals surface area contributed by atoms with Gasteiger partial charge < -0.3 is 4.74 Å². The van der Waals surface area contributed by atoms with Crippen molar-refractivity contribution < 1.29 is 26.3 Å². The van der Waals surface area contributed by atoms with Gasteiger partial charge in [-0.2, -0.15) is 17.5 Å². The number of morpholine rings is 1. The quantitative estimate of drug-likeness (QED) is 0.519. The zero-order valence-corrected chi connectivity index (χ0v) is 20.8. The Morgan fingerprint density at radius 2 is 1.47 bits per heavy atom. The summed E-state index contributed by atoms with van der Waals surface area (Å²) in [6, 6.07) is 11.5. The van der Waals surface area contributed by atoms with E-state index >= 15 is 0 Å². The molecule has 0 saturated carbocycles. The fourth-order valence-electron chi connectivity index (χ4n) is 3.86.